The van der Waals surface area contributed by atoms with Crippen molar-refractivity contribution in [3.05, 3.63) is 0 Å². The fourth-order valence-corrected chi connectivity index (χ4v) is 1.49. The maximum atomic E-state index is 12.2. The first-order valence-electron chi connectivity index (χ1n) is 6.04. The van der Waals surface area contributed by atoms with Gasteiger partial charge in [-0.1, -0.05) is 5.16 Å². The summed E-state index contributed by atoms with van der Waals surface area (Å²) in [5.74, 6) is 0.127. The second kappa shape index (κ2) is 7.20. The number of nitrogens with two attached hydrogens (primary N) is 1. The molecule has 6 nitrogen and oxygen atoms in total. The summed E-state index contributed by atoms with van der Waals surface area (Å²) < 4.78 is 5.25. The Balaban J connectivity index is 4.56. The Morgan fingerprint density at radius 3 is 2.44 bits per heavy atom. The number of carbonyl (C=O) groups excluding carboxylic acids is 1. The van der Waals surface area contributed by atoms with Gasteiger partial charge in [0.25, 0.3) is 0 Å². The van der Waals surface area contributed by atoms with Gasteiger partial charge in [0, 0.05) is 26.1 Å². The van der Waals surface area contributed by atoms with Crippen molar-refractivity contribution in [3.63, 3.8) is 0 Å². The topological polar surface area (TPSA) is 88.2 Å². The lowest BCUT2D eigenvalue weighted by Crippen LogP contribution is -2.42. The predicted molar refractivity (Wildman–Crippen MR) is 70.6 cm³/mol. The number of methoxy groups -OCH3 is 1. The first kappa shape index (κ1) is 16.7. The number of amidine groups is 1. The number of carbonyl (C=O) groups is 1. The Bertz CT molecular complexity index is 301. The summed E-state index contributed by atoms with van der Waals surface area (Å²) in [6.45, 7) is 8.04. The van der Waals surface area contributed by atoms with Crippen LogP contribution in [0.2, 0.25) is 0 Å². The Morgan fingerprint density at radius 2 is 2.06 bits per heavy atom. The number of ether oxygens (including phenoxy) is 1. The molecule has 106 valence electrons. The van der Waals surface area contributed by atoms with E-state index >= 15 is 0 Å². The summed E-state index contributed by atoms with van der Waals surface area (Å²) in [6.07, 6.45) is 0.658. The molecule has 0 atom stereocenters. The van der Waals surface area contributed by atoms with Crippen LogP contribution in [0.4, 0.5) is 0 Å². The van der Waals surface area contributed by atoms with Gasteiger partial charge in [-0.2, -0.15) is 0 Å². The normalized spacial score (nSPS) is 12.9. The van der Waals surface area contributed by atoms with E-state index in [0.29, 0.717) is 19.4 Å². The standard InChI is InChI=1S/C12H25N3O3/c1-9(2)15(7-6-10(13)14-17)11(16)8-12(3,4)18-5/h9,17H,6-8H2,1-5H3,(H2,13,14). The molecule has 0 saturated carbocycles. The highest BCUT2D eigenvalue weighted by Crippen LogP contribution is 2.16. The van der Waals surface area contributed by atoms with E-state index in [-0.39, 0.29) is 17.8 Å². The van der Waals surface area contributed by atoms with Gasteiger partial charge in [-0.15, -0.1) is 0 Å². The van der Waals surface area contributed by atoms with E-state index in [1.54, 1.807) is 12.0 Å². The van der Waals surface area contributed by atoms with E-state index in [1.807, 2.05) is 27.7 Å². The zero-order valence-electron chi connectivity index (χ0n) is 11.9. The van der Waals surface area contributed by atoms with E-state index in [4.69, 9.17) is 15.7 Å². The average molecular weight is 259 g/mol. The Hall–Kier alpha value is -1.30. The number of oxime groups is 1. The SMILES string of the molecule is COC(C)(C)CC(=O)N(CCC(N)=NO)C(C)C. The van der Waals surface area contributed by atoms with Gasteiger partial charge in [-0.25, -0.2) is 0 Å². The molecule has 0 unspecified atom stereocenters. The van der Waals surface area contributed by atoms with Crippen LogP contribution in [0.1, 0.15) is 40.5 Å². The summed E-state index contributed by atoms with van der Waals surface area (Å²) in [4.78, 5) is 13.9. The number of rotatable bonds is 7. The van der Waals surface area contributed by atoms with Crippen molar-refractivity contribution in [2.75, 3.05) is 13.7 Å². The molecule has 18 heavy (non-hydrogen) atoms. The van der Waals surface area contributed by atoms with Crippen LogP contribution < -0.4 is 5.73 Å². The van der Waals surface area contributed by atoms with E-state index in [9.17, 15) is 4.79 Å². The Kier molecular flexibility index (Phi) is 6.68. The largest absolute Gasteiger partial charge is 0.409 e. The average Bonchev–Trinajstić information content (AvgIpc) is 2.27. The van der Waals surface area contributed by atoms with Crippen LogP contribution in [-0.2, 0) is 9.53 Å². The fourth-order valence-electron chi connectivity index (χ4n) is 1.49. The van der Waals surface area contributed by atoms with Gasteiger partial charge in [0.05, 0.1) is 12.0 Å². The van der Waals surface area contributed by atoms with Crippen molar-refractivity contribution in [3.8, 4) is 0 Å². The third-order valence-corrected chi connectivity index (χ3v) is 2.81. The first-order chi connectivity index (χ1) is 8.23. The third-order valence-electron chi connectivity index (χ3n) is 2.81. The summed E-state index contributed by atoms with van der Waals surface area (Å²) in [7, 11) is 1.59. The molecule has 0 aromatic rings. The third kappa shape index (κ3) is 5.86. The molecule has 0 rings (SSSR count). The molecule has 0 aromatic carbocycles. The number of amides is 1. The highest BCUT2D eigenvalue weighted by atomic mass is 16.5. The quantitative estimate of drug-likeness (QED) is 0.311. The maximum Gasteiger partial charge on any atom is 0.225 e. The molecule has 0 aliphatic carbocycles. The molecule has 0 radical (unpaired) electrons. The van der Waals surface area contributed by atoms with Crippen molar-refractivity contribution in [1.29, 1.82) is 0 Å². The first-order valence-corrected chi connectivity index (χ1v) is 6.04. The zero-order valence-corrected chi connectivity index (χ0v) is 11.9. The highest BCUT2D eigenvalue weighted by molar-refractivity contribution is 5.81. The number of hydrogen-bond acceptors (Lipinski definition) is 4. The number of hydrogen-bond donors (Lipinski definition) is 2. The van der Waals surface area contributed by atoms with Gasteiger partial charge in [0.1, 0.15) is 5.84 Å². The Morgan fingerprint density at radius 1 is 1.50 bits per heavy atom. The summed E-state index contributed by atoms with van der Waals surface area (Å²) in [5, 5.41) is 11.4. The molecule has 6 heteroatoms. The minimum atomic E-state index is -0.485. The van der Waals surface area contributed by atoms with Crippen LogP contribution in [0.5, 0.6) is 0 Å². The lowest BCUT2D eigenvalue weighted by Gasteiger charge is -2.30. The van der Waals surface area contributed by atoms with Crippen LogP contribution in [-0.4, -0.2) is 47.1 Å². The van der Waals surface area contributed by atoms with E-state index in [0.717, 1.165) is 0 Å². The zero-order chi connectivity index (χ0) is 14.3. The summed E-state index contributed by atoms with van der Waals surface area (Å²) in [6, 6.07) is 0.0663. The van der Waals surface area contributed by atoms with Crippen LogP contribution in [0.15, 0.2) is 5.16 Å². The monoisotopic (exact) mass is 259 g/mol. The van der Waals surface area contributed by atoms with Gasteiger partial charge in [0.2, 0.25) is 5.91 Å². The predicted octanol–water partition coefficient (Wildman–Crippen LogP) is 1.17. The fraction of sp³-hybridized carbons (Fsp3) is 0.833. The highest BCUT2D eigenvalue weighted by Gasteiger charge is 2.26. The second-order valence-corrected chi connectivity index (χ2v) is 5.16. The smallest absolute Gasteiger partial charge is 0.225 e. The molecule has 0 aromatic heterocycles. The molecule has 0 aliphatic heterocycles. The summed E-state index contributed by atoms with van der Waals surface area (Å²) in [5.41, 5.74) is 4.93. The molecular weight excluding hydrogens is 234 g/mol. The van der Waals surface area contributed by atoms with Crippen molar-refractivity contribution >= 4 is 11.7 Å². The molecule has 0 spiro atoms. The van der Waals surface area contributed by atoms with E-state index in [1.165, 1.54) is 0 Å². The van der Waals surface area contributed by atoms with Crippen molar-refractivity contribution < 1.29 is 14.7 Å². The van der Waals surface area contributed by atoms with Crippen LogP contribution in [0, 0.1) is 0 Å². The lowest BCUT2D eigenvalue weighted by atomic mass is 10.0. The molecular formula is C12H25N3O3. The number of nitrogens with zero attached hydrogens (tertiary/aromatic N) is 2. The van der Waals surface area contributed by atoms with Gasteiger partial charge in [-0.05, 0) is 27.7 Å². The molecule has 0 bridgehead atoms. The molecule has 0 saturated heterocycles. The van der Waals surface area contributed by atoms with Crippen LogP contribution in [0.3, 0.4) is 0 Å². The molecule has 0 fully saturated rings. The molecule has 1 amide bonds. The van der Waals surface area contributed by atoms with Gasteiger partial charge in [-0.3, -0.25) is 4.79 Å². The summed E-state index contributed by atoms with van der Waals surface area (Å²) >= 11 is 0. The van der Waals surface area contributed by atoms with Crippen molar-refractivity contribution in [2.45, 2.75) is 52.2 Å². The van der Waals surface area contributed by atoms with Crippen molar-refractivity contribution in [2.24, 2.45) is 10.9 Å². The molecule has 0 aliphatic rings. The van der Waals surface area contributed by atoms with Gasteiger partial charge in [0.15, 0.2) is 0 Å². The minimum absolute atomic E-state index is 0.00240. The molecule has 0 heterocycles. The second-order valence-electron chi connectivity index (χ2n) is 5.16. The van der Waals surface area contributed by atoms with Crippen LogP contribution in [0.25, 0.3) is 0 Å². The van der Waals surface area contributed by atoms with E-state index in [2.05, 4.69) is 5.16 Å². The van der Waals surface area contributed by atoms with Crippen molar-refractivity contribution in [1.82, 2.24) is 4.90 Å². The lowest BCUT2D eigenvalue weighted by molar-refractivity contribution is -0.138. The van der Waals surface area contributed by atoms with Gasteiger partial charge < -0.3 is 20.6 Å². The van der Waals surface area contributed by atoms with Gasteiger partial charge >= 0.3 is 0 Å². The maximum absolute atomic E-state index is 12.2. The molecule has 3 N–H and O–H groups in total. The van der Waals surface area contributed by atoms with Crippen LogP contribution >= 0.6 is 0 Å². The van der Waals surface area contributed by atoms with E-state index < -0.39 is 5.60 Å². The minimum Gasteiger partial charge on any atom is -0.409 e. The Labute approximate surface area is 109 Å².